The van der Waals surface area contributed by atoms with E-state index in [2.05, 4.69) is 46.2 Å². The molecule has 7 atom stereocenters. The summed E-state index contributed by atoms with van der Waals surface area (Å²) in [5, 5.41) is 16.6. The van der Waals surface area contributed by atoms with Crippen molar-refractivity contribution in [3.05, 3.63) is 92.7 Å². The Balaban J connectivity index is 0.801. The highest BCUT2D eigenvalue weighted by Crippen LogP contribution is 2.97. The van der Waals surface area contributed by atoms with Crippen LogP contribution in [0.4, 0.5) is 11.4 Å². The van der Waals surface area contributed by atoms with E-state index < -0.39 is 11.4 Å². The highest BCUT2D eigenvalue weighted by atomic mass is 35.5. The molecule has 2 aliphatic heterocycles. The van der Waals surface area contributed by atoms with Crippen molar-refractivity contribution in [1.82, 2.24) is 24.3 Å². The minimum absolute atomic E-state index is 0.290. The van der Waals surface area contributed by atoms with Gasteiger partial charge in [0.2, 0.25) is 0 Å². The maximum Gasteiger partial charge on any atom is 0.310 e. The van der Waals surface area contributed by atoms with E-state index in [0.717, 1.165) is 74.4 Å². The third-order valence-corrected chi connectivity index (χ3v) is 16.1. The van der Waals surface area contributed by atoms with Gasteiger partial charge in [-0.1, -0.05) is 54.4 Å². The summed E-state index contributed by atoms with van der Waals surface area (Å²) < 4.78 is 1.89. The second-order valence-corrected chi connectivity index (χ2v) is 18.5. The highest BCUT2D eigenvalue weighted by Gasteiger charge is 2.96. The number of pyridine rings is 1. The second kappa shape index (κ2) is 13.1. The van der Waals surface area contributed by atoms with Crippen molar-refractivity contribution in [2.45, 2.75) is 65.6 Å². The molecule has 2 aromatic heterocycles. The lowest BCUT2D eigenvalue weighted by Gasteiger charge is -2.96. The molecule has 6 aliphatic rings. The van der Waals surface area contributed by atoms with Crippen molar-refractivity contribution >= 4 is 52.4 Å². The number of hydrogen-bond acceptors (Lipinski definition) is 7. The quantitative estimate of drug-likeness (QED) is 0.151. The number of carboxylic acids is 1. The zero-order valence-electron chi connectivity index (χ0n) is 32.6. The predicted octanol–water partition coefficient (Wildman–Crippen LogP) is 7.41. The van der Waals surface area contributed by atoms with Crippen molar-refractivity contribution in [2.24, 2.45) is 47.5 Å². The average Bonchev–Trinajstić information content (AvgIpc) is 3.52. The van der Waals surface area contributed by atoms with E-state index in [-0.39, 0.29) is 17.7 Å². The molecule has 3 N–H and O–H groups in total. The van der Waals surface area contributed by atoms with Crippen molar-refractivity contribution in [3.8, 4) is 11.1 Å². The lowest BCUT2D eigenvalue weighted by molar-refractivity contribution is -0.492. The van der Waals surface area contributed by atoms with Crippen LogP contribution >= 0.6 is 23.2 Å². The zero-order chi connectivity index (χ0) is 39.7. The van der Waals surface area contributed by atoms with Crippen LogP contribution in [0, 0.1) is 40.4 Å². The molecule has 57 heavy (non-hydrogen) atoms. The van der Waals surface area contributed by atoms with E-state index >= 15 is 0 Å². The van der Waals surface area contributed by atoms with Gasteiger partial charge in [0.25, 0.3) is 11.8 Å². The van der Waals surface area contributed by atoms with E-state index in [1.807, 2.05) is 29.8 Å². The second-order valence-electron chi connectivity index (χ2n) is 17.7. The zero-order valence-corrected chi connectivity index (χ0v) is 34.1. The fourth-order valence-electron chi connectivity index (χ4n) is 12.5. The lowest BCUT2D eigenvalue weighted by Crippen LogP contribution is -2.95. The first-order valence-corrected chi connectivity index (χ1v) is 21.0. The van der Waals surface area contributed by atoms with Gasteiger partial charge in [-0.25, -0.2) is 4.98 Å². The maximum atomic E-state index is 13.8. The number of carbonyl (C=O) groups excluding carboxylic acids is 2. The summed E-state index contributed by atoms with van der Waals surface area (Å²) in [7, 11) is 1.89. The number of benzene rings is 2. The summed E-state index contributed by atoms with van der Waals surface area (Å²) in [6, 6.07) is 13.1. The Morgan fingerprint density at radius 3 is 2.26 bits per heavy atom. The van der Waals surface area contributed by atoms with E-state index in [0.29, 0.717) is 85.7 Å². The first-order chi connectivity index (χ1) is 27.3. The van der Waals surface area contributed by atoms with E-state index in [1.165, 1.54) is 0 Å². The van der Waals surface area contributed by atoms with Crippen LogP contribution in [0.5, 0.6) is 0 Å². The Kier molecular flexibility index (Phi) is 8.51. The number of amides is 2. The molecular formula is C44H47Cl2N7O4. The molecule has 4 aromatic rings. The van der Waals surface area contributed by atoms with Gasteiger partial charge in [-0.2, -0.15) is 0 Å². The highest BCUT2D eigenvalue weighted by molar-refractivity contribution is 6.40. The number of nitrogens with one attached hydrogen (secondary N) is 2. The molecule has 4 heterocycles. The van der Waals surface area contributed by atoms with Gasteiger partial charge in [-0.05, 0) is 104 Å². The minimum atomic E-state index is -0.561. The van der Waals surface area contributed by atoms with Crippen LogP contribution in [0.25, 0.3) is 11.1 Å². The molecule has 10 rings (SSSR count). The first kappa shape index (κ1) is 37.0. The SMILES string of the molecule is CC(C)N1CCc2cc(C(=O)Nc3cccc(-c4cccc(NC(=O)c5nc6c(n5C)CCN(CCC57CC8C5C5C7C(C)C85C(=O)O)C6)c4Cl)c3Cl)ncc2C1. The Morgan fingerprint density at radius 2 is 1.63 bits per heavy atom. The molecule has 11 nitrogen and oxygen atoms in total. The van der Waals surface area contributed by atoms with E-state index in [4.69, 9.17) is 28.2 Å². The monoisotopic (exact) mass is 807 g/mol. The predicted molar refractivity (Wildman–Crippen MR) is 218 cm³/mol. The molecule has 4 aliphatic carbocycles. The van der Waals surface area contributed by atoms with Crippen molar-refractivity contribution in [3.63, 3.8) is 0 Å². The molecular weight excluding hydrogens is 761 g/mol. The molecule has 4 saturated carbocycles. The fourth-order valence-corrected chi connectivity index (χ4v) is 13.0. The molecule has 4 fully saturated rings. The summed E-state index contributed by atoms with van der Waals surface area (Å²) >= 11 is 13.9. The summed E-state index contributed by atoms with van der Waals surface area (Å²) in [6.45, 7) is 10.9. The van der Waals surface area contributed by atoms with Crippen molar-refractivity contribution in [2.75, 3.05) is 30.3 Å². The number of aliphatic carboxylic acids is 1. The summed E-state index contributed by atoms with van der Waals surface area (Å²) in [4.78, 5) is 53.5. The number of rotatable bonds is 10. The molecule has 13 heteroatoms. The fraction of sp³-hybridized carbons (Fsp3) is 0.477. The van der Waals surface area contributed by atoms with E-state index in [9.17, 15) is 19.5 Å². The lowest BCUT2D eigenvalue weighted by atomic mass is 9.07. The standard InChI is InChI=1S/C44H47Cl2N7O4/c1-22(2)53-15-11-24-17-31(47-19-25(24)20-53)40(54)49-29-9-5-7-26(37(29)45)27-8-6-10-30(38(27)46)50-41(55)39-48-32-21-52(14-12-33(32)51(39)4)16-13-43-18-28-35(43)36-34(43)23(3)44(28,36)42(56)57/h5-10,17,19,22-23,28,34-36H,11-16,18,20-21H2,1-4H3,(H,49,54)(H,50,55)(H,56,57). The molecule has 2 amide bonds. The number of anilines is 2. The first-order valence-electron chi connectivity index (χ1n) is 20.3. The number of imidazole rings is 1. The Bertz CT molecular complexity index is 2380. The number of nitrogens with zero attached hydrogens (tertiary/aromatic N) is 5. The summed E-state index contributed by atoms with van der Waals surface area (Å²) in [5.41, 5.74) is 6.58. The third-order valence-electron chi connectivity index (χ3n) is 15.3. The van der Waals surface area contributed by atoms with Gasteiger partial charge in [0.15, 0.2) is 5.82 Å². The normalized spacial score (nSPS) is 29.1. The molecule has 0 radical (unpaired) electrons. The average molecular weight is 809 g/mol. The van der Waals surface area contributed by atoms with Crippen LogP contribution in [0.3, 0.4) is 0 Å². The van der Waals surface area contributed by atoms with Crippen LogP contribution in [0.15, 0.2) is 48.7 Å². The van der Waals surface area contributed by atoms with Crippen molar-refractivity contribution in [1.29, 1.82) is 0 Å². The maximum absolute atomic E-state index is 13.8. The van der Waals surface area contributed by atoms with Crippen LogP contribution < -0.4 is 10.6 Å². The number of fused-ring (bicyclic) bond motifs is 4. The third kappa shape index (κ3) is 5.14. The molecule has 0 bridgehead atoms. The Labute approximate surface area is 342 Å². The van der Waals surface area contributed by atoms with Gasteiger partial charge in [0.05, 0.1) is 32.5 Å². The number of carboxylic acid groups (broad SMARTS) is 1. The number of aromatic nitrogens is 3. The molecule has 2 aromatic carbocycles. The Hall–Kier alpha value is -4.29. The van der Waals surface area contributed by atoms with Gasteiger partial charge >= 0.3 is 5.97 Å². The van der Waals surface area contributed by atoms with Crippen molar-refractivity contribution < 1.29 is 19.5 Å². The molecule has 0 saturated heterocycles. The smallest absolute Gasteiger partial charge is 0.310 e. The Morgan fingerprint density at radius 1 is 0.930 bits per heavy atom. The molecule has 0 spiro atoms. The van der Waals surface area contributed by atoms with Gasteiger partial charge in [-0.15, -0.1) is 0 Å². The summed E-state index contributed by atoms with van der Waals surface area (Å²) in [5.74, 6) is 1.33. The largest absolute Gasteiger partial charge is 0.481 e. The van der Waals surface area contributed by atoms with Crippen LogP contribution in [-0.2, 0) is 37.8 Å². The van der Waals surface area contributed by atoms with Gasteiger partial charge in [0.1, 0.15) is 5.69 Å². The molecule has 296 valence electrons. The topological polar surface area (TPSA) is 133 Å². The van der Waals surface area contributed by atoms with E-state index in [1.54, 1.807) is 30.5 Å². The van der Waals surface area contributed by atoms with Gasteiger partial charge in [0, 0.05) is 68.7 Å². The summed E-state index contributed by atoms with van der Waals surface area (Å²) in [6.07, 6.45) is 5.65. The minimum Gasteiger partial charge on any atom is -0.481 e. The van der Waals surface area contributed by atoms with Crippen LogP contribution in [-0.4, -0.2) is 72.9 Å². The van der Waals surface area contributed by atoms with Gasteiger partial charge in [-0.3, -0.25) is 29.2 Å². The van der Waals surface area contributed by atoms with Gasteiger partial charge < -0.3 is 20.3 Å². The number of hydrogen-bond donors (Lipinski definition) is 3. The van der Waals surface area contributed by atoms with Crippen LogP contribution in [0.1, 0.15) is 77.2 Å². The molecule has 7 unspecified atom stereocenters. The van der Waals surface area contributed by atoms with Crippen LogP contribution in [0.2, 0.25) is 10.0 Å². The number of carbonyl (C=O) groups is 3. The number of halogens is 2.